The van der Waals surface area contributed by atoms with E-state index in [0.717, 1.165) is 34.4 Å². The number of benzene rings is 2. The lowest BCUT2D eigenvalue weighted by Gasteiger charge is -2.17. The predicted molar refractivity (Wildman–Crippen MR) is 111 cm³/mol. The Hall–Kier alpha value is -2.97. The molecule has 0 bridgehead atoms. The number of fused-ring (bicyclic) bond motifs is 1. The molecule has 1 aliphatic rings. The molecule has 0 radical (unpaired) electrons. The first-order valence-corrected chi connectivity index (χ1v) is 9.54. The predicted octanol–water partition coefficient (Wildman–Crippen LogP) is 3.90. The number of ether oxygens (including phenoxy) is 1. The van der Waals surface area contributed by atoms with Gasteiger partial charge in [-0.1, -0.05) is 18.2 Å². The maximum absolute atomic E-state index is 11.8. The molecule has 0 saturated heterocycles. The van der Waals surface area contributed by atoms with Gasteiger partial charge in [0, 0.05) is 16.4 Å². The van der Waals surface area contributed by atoms with Crippen LogP contribution in [-0.2, 0) is 17.8 Å². The van der Waals surface area contributed by atoms with Gasteiger partial charge < -0.3 is 21.1 Å². The molecule has 1 amide bonds. The summed E-state index contributed by atoms with van der Waals surface area (Å²) in [5.74, 6) is 0.0847. The van der Waals surface area contributed by atoms with Crippen LogP contribution < -0.4 is 16.4 Å². The number of carbonyl (C=O) groups excluding carboxylic acids is 1. The second-order valence-corrected chi connectivity index (χ2v) is 7.19. The standard InChI is InChI=1S/C20H18BrN5O2/c21-16-3-1-2-4-17(16)25-19-15(18(22)27)10-23-20(26-19)24-14-6-5-12-7-8-28-11-13(12)9-14/h1-6,9-10H,7-8,11H2,(H2,22,27)(H2,23,24,25,26). The van der Waals surface area contributed by atoms with Gasteiger partial charge >= 0.3 is 0 Å². The lowest BCUT2D eigenvalue weighted by Crippen LogP contribution is -2.16. The zero-order valence-corrected chi connectivity index (χ0v) is 16.5. The van der Waals surface area contributed by atoms with Gasteiger partial charge in [-0.2, -0.15) is 4.98 Å². The highest BCUT2D eigenvalue weighted by Gasteiger charge is 2.15. The highest BCUT2D eigenvalue weighted by Crippen LogP contribution is 2.27. The number of halogens is 1. The van der Waals surface area contributed by atoms with E-state index in [4.69, 9.17) is 10.5 Å². The van der Waals surface area contributed by atoms with Gasteiger partial charge in [-0.25, -0.2) is 4.98 Å². The molecule has 3 aromatic rings. The van der Waals surface area contributed by atoms with Gasteiger partial charge in [0.25, 0.3) is 5.91 Å². The van der Waals surface area contributed by atoms with Crippen molar-refractivity contribution in [3.63, 3.8) is 0 Å². The summed E-state index contributed by atoms with van der Waals surface area (Å²) in [4.78, 5) is 20.5. The third-order valence-corrected chi connectivity index (χ3v) is 5.11. The highest BCUT2D eigenvalue weighted by atomic mass is 79.9. The molecular formula is C20H18BrN5O2. The molecule has 0 spiro atoms. The Balaban J connectivity index is 1.63. The summed E-state index contributed by atoms with van der Waals surface area (Å²) in [6.07, 6.45) is 2.33. The number of amides is 1. The molecule has 142 valence electrons. The molecule has 0 atom stereocenters. The van der Waals surface area contributed by atoms with E-state index in [1.54, 1.807) is 0 Å². The van der Waals surface area contributed by atoms with Crippen molar-refractivity contribution in [1.82, 2.24) is 9.97 Å². The zero-order valence-electron chi connectivity index (χ0n) is 14.9. The Morgan fingerprint density at radius 3 is 2.82 bits per heavy atom. The molecule has 0 saturated carbocycles. The summed E-state index contributed by atoms with van der Waals surface area (Å²) in [6, 6.07) is 13.6. The van der Waals surface area contributed by atoms with Gasteiger partial charge in [0.15, 0.2) is 0 Å². The fourth-order valence-corrected chi connectivity index (χ4v) is 3.37. The smallest absolute Gasteiger partial charge is 0.254 e. The maximum atomic E-state index is 11.8. The van der Waals surface area contributed by atoms with Crippen molar-refractivity contribution in [3.8, 4) is 0 Å². The summed E-state index contributed by atoms with van der Waals surface area (Å²) in [5, 5.41) is 6.32. The van der Waals surface area contributed by atoms with E-state index in [9.17, 15) is 4.79 Å². The van der Waals surface area contributed by atoms with E-state index in [0.29, 0.717) is 18.4 Å². The molecule has 0 aliphatic carbocycles. The van der Waals surface area contributed by atoms with Crippen molar-refractivity contribution >= 4 is 45.0 Å². The van der Waals surface area contributed by atoms with Crippen LogP contribution in [0, 0.1) is 0 Å². The highest BCUT2D eigenvalue weighted by molar-refractivity contribution is 9.10. The molecule has 28 heavy (non-hydrogen) atoms. The quantitative estimate of drug-likeness (QED) is 0.556. The summed E-state index contributed by atoms with van der Waals surface area (Å²) in [7, 11) is 0. The lowest BCUT2D eigenvalue weighted by atomic mass is 10.0. The molecule has 2 aromatic carbocycles. The Labute approximate surface area is 170 Å². The topological polar surface area (TPSA) is 102 Å². The fourth-order valence-electron chi connectivity index (χ4n) is 2.98. The second kappa shape index (κ2) is 7.95. The van der Waals surface area contributed by atoms with Crippen LogP contribution in [0.1, 0.15) is 21.5 Å². The van der Waals surface area contributed by atoms with Crippen molar-refractivity contribution in [2.24, 2.45) is 5.73 Å². The van der Waals surface area contributed by atoms with Crippen molar-refractivity contribution in [1.29, 1.82) is 0 Å². The molecular weight excluding hydrogens is 422 g/mol. The van der Waals surface area contributed by atoms with Crippen LogP contribution in [0.5, 0.6) is 0 Å². The van der Waals surface area contributed by atoms with Crippen LogP contribution in [-0.4, -0.2) is 22.5 Å². The molecule has 0 unspecified atom stereocenters. The Bertz CT molecular complexity index is 1040. The monoisotopic (exact) mass is 439 g/mol. The summed E-state index contributed by atoms with van der Waals surface area (Å²) >= 11 is 3.47. The van der Waals surface area contributed by atoms with Crippen molar-refractivity contribution < 1.29 is 9.53 Å². The van der Waals surface area contributed by atoms with E-state index in [1.807, 2.05) is 36.4 Å². The van der Waals surface area contributed by atoms with Gasteiger partial charge in [0.05, 0.1) is 18.9 Å². The minimum atomic E-state index is -0.605. The normalized spacial score (nSPS) is 12.9. The Kier molecular flexibility index (Phi) is 5.23. The van der Waals surface area contributed by atoms with Crippen LogP contribution >= 0.6 is 15.9 Å². The van der Waals surface area contributed by atoms with Crippen molar-refractivity contribution in [3.05, 3.63) is 69.8 Å². The van der Waals surface area contributed by atoms with E-state index in [2.05, 4.69) is 42.6 Å². The number of aromatic nitrogens is 2. The number of nitrogens with two attached hydrogens (primary N) is 1. The number of para-hydroxylation sites is 1. The first kappa shape index (κ1) is 18.4. The number of hydrogen-bond acceptors (Lipinski definition) is 6. The van der Waals surface area contributed by atoms with Crippen LogP contribution in [0.3, 0.4) is 0 Å². The average Bonchev–Trinajstić information content (AvgIpc) is 2.70. The third-order valence-electron chi connectivity index (χ3n) is 4.42. The number of nitrogens with one attached hydrogen (secondary N) is 2. The van der Waals surface area contributed by atoms with Gasteiger partial charge in [0.2, 0.25) is 5.95 Å². The largest absolute Gasteiger partial charge is 0.376 e. The van der Waals surface area contributed by atoms with Crippen LogP contribution in [0.15, 0.2) is 53.1 Å². The van der Waals surface area contributed by atoms with E-state index in [-0.39, 0.29) is 5.56 Å². The molecule has 7 nitrogen and oxygen atoms in total. The number of nitrogens with zero attached hydrogens (tertiary/aromatic N) is 2. The minimum Gasteiger partial charge on any atom is -0.376 e. The first-order chi connectivity index (χ1) is 13.6. The molecule has 4 rings (SSSR count). The molecule has 1 aromatic heterocycles. The van der Waals surface area contributed by atoms with E-state index < -0.39 is 5.91 Å². The SMILES string of the molecule is NC(=O)c1cnc(Nc2ccc3c(c2)COCC3)nc1Nc1ccccc1Br. The van der Waals surface area contributed by atoms with Crippen LogP contribution in [0.25, 0.3) is 0 Å². The second-order valence-electron chi connectivity index (χ2n) is 6.34. The zero-order chi connectivity index (χ0) is 19.5. The minimum absolute atomic E-state index is 0.208. The van der Waals surface area contributed by atoms with Gasteiger partial charge in [0.1, 0.15) is 11.4 Å². The molecule has 2 heterocycles. The molecule has 4 N–H and O–H groups in total. The van der Waals surface area contributed by atoms with Gasteiger partial charge in [-0.15, -0.1) is 0 Å². The first-order valence-electron chi connectivity index (χ1n) is 8.75. The average molecular weight is 440 g/mol. The molecule has 8 heteroatoms. The molecule has 0 fully saturated rings. The van der Waals surface area contributed by atoms with Crippen molar-refractivity contribution in [2.45, 2.75) is 13.0 Å². The van der Waals surface area contributed by atoms with Crippen molar-refractivity contribution in [2.75, 3.05) is 17.2 Å². The van der Waals surface area contributed by atoms with E-state index in [1.165, 1.54) is 11.8 Å². The number of primary amides is 1. The van der Waals surface area contributed by atoms with E-state index >= 15 is 0 Å². The van der Waals surface area contributed by atoms with Crippen LogP contribution in [0.4, 0.5) is 23.1 Å². The third kappa shape index (κ3) is 3.97. The van der Waals surface area contributed by atoms with Gasteiger partial charge in [-0.3, -0.25) is 4.79 Å². The fraction of sp³-hybridized carbons (Fsp3) is 0.150. The number of carbonyl (C=O) groups is 1. The number of anilines is 4. The Morgan fingerprint density at radius 1 is 1.14 bits per heavy atom. The van der Waals surface area contributed by atoms with Gasteiger partial charge in [-0.05, 0) is 57.7 Å². The Morgan fingerprint density at radius 2 is 2.00 bits per heavy atom. The number of hydrogen-bond donors (Lipinski definition) is 3. The summed E-state index contributed by atoms with van der Waals surface area (Å²) in [6.45, 7) is 1.35. The maximum Gasteiger partial charge on any atom is 0.254 e. The lowest BCUT2D eigenvalue weighted by molar-refractivity contribution is 0.100. The summed E-state index contributed by atoms with van der Waals surface area (Å²) < 4.78 is 6.36. The molecule has 1 aliphatic heterocycles. The van der Waals surface area contributed by atoms with Crippen LogP contribution in [0.2, 0.25) is 0 Å². The summed E-state index contributed by atoms with van der Waals surface area (Å²) in [5.41, 5.74) is 9.74. The number of rotatable bonds is 5.